The molecule has 1 aliphatic rings. The largest absolute Gasteiger partial charge is 0.495 e. The highest BCUT2D eigenvalue weighted by Gasteiger charge is 2.41. The maximum atomic E-state index is 11.3. The second-order valence-corrected chi connectivity index (χ2v) is 4.98. The Morgan fingerprint density at radius 1 is 1.61 bits per heavy atom. The highest BCUT2D eigenvalue weighted by molar-refractivity contribution is 6.32. The van der Waals surface area contributed by atoms with Crippen molar-refractivity contribution >= 4 is 23.3 Å². The van der Waals surface area contributed by atoms with E-state index in [2.05, 4.69) is 0 Å². The lowest BCUT2D eigenvalue weighted by atomic mass is 9.86. The van der Waals surface area contributed by atoms with Gasteiger partial charge in [-0.1, -0.05) is 11.6 Å². The molecule has 1 heterocycles. The molecule has 0 bridgehead atoms. The average molecular weight is 271 g/mol. The van der Waals surface area contributed by atoms with Gasteiger partial charge in [0, 0.05) is 30.6 Å². The van der Waals surface area contributed by atoms with E-state index in [9.17, 15) is 9.90 Å². The normalized spacial score (nSPS) is 22.6. The van der Waals surface area contributed by atoms with E-state index in [4.69, 9.17) is 22.1 Å². The Bertz CT molecular complexity index is 506. The number of halogens is 1. The van der Waals surface area contributed by atoms with Crippen molar-refractivity contribution in [1.82, 2.24) is 0 Å². The number of carbonyl (C=O) groups is 1. The molecule has 0 saturated carbocycles. The Labute approximate surface area is 110 Å². The predicted octanol–water partition coefficient (Wildman–Crippen LogP) is 1.12. The van der Waals surface area contributed by atoms with Gasteiger partial charge in [-0.15, -0.1) is 0 Å². The molecule has 0 spiro atoms. The van der Waals surface area contributed by atoms with Gasteiger partial charge in [0.15, 0.2) is 0 Å². The Morgan fingerprint density at radius 3 is 2.83 bits per heavy atom. The highest BCUT2D eigenvalue weighted by Crippen LogP contribution is 2.41. The van der Waals surface area contributed by atoms with Gasteiger partial charge in [0.1, 0.15) is 11.3 Å². The minimum absolute atomic E-state index is 0.192. The molecule has 1 aromatic rings. The molecule has 98 valence electrons. The summed E-state index contributed by atoms with van der Waals surface area (Å²) in [5.41, 5.74) is 6.13. The maximum Gasteiger partial charge on any atom is 0.325 e. The fourth-order valence-electron chi connectivity index (χ4n) is 2.36. The lowest BCUT2D eigenvalue weighted by Gasteiger charge is -2.38. The summed E-state index contributed by atoms with van der Waals surface area (Å²) in [5, 5.41) is 9.74. The van der Waals surface area contributed by atoms with Gasteiger partial charge in [0.05, 0.1) is 12.8 Å². The van der Waals surface area contributed by atoms with E-state index in [1.165, 1.54) is 0 Å². The van der Waals surface area contributed by atoms with Gasteiger partial charge in [-0.05, 0) is 12.1 Å². The number of hydrogen-bond acceptors (Lipinski definition) is 4. The van der Waals surface area contributed by atoms with E-state index < -0.39 is 11.5 Å². The Balaban J connectivity index is 2.57. The summed E-state index contributed by atoms with van der Waals surface area (Å²) < 4.78 is 5.28. The zero-order valence-electron chi connectivity index (χ0n) is 10.2. The second-order valence-electron chi connectivity index (χ2n) is 4.57. The molecule has 3 N–H and O–H groups in total. The maximum absolute atomic E-state index is 11.3. The first-order valence-electron chi connectivity index (χ1n) is 5.48. The lowest BCUT2D eigenvalue weighted by Crippen LogP contribution is -2.59. The van der Waals surface area contributed by atoms with E-state index in [1.807, 2.05) is 0 Å². The van der Waals surface area contributed by atoms with Crippen LogP contribution in [0.1, 0.15) is 5.56 Å². The molecule has 18 heavy (non-hydrogen) atoms. The summed E-state index contributed by atoms with van der Waals surface area (Å²) in [4.78, 5) is 13.0. The van der Waals surface area contributed by atoms with Crippen molar-refractivity contribution < 1.29 is 14.6 Å². The van der Waals surface area contributed by atoms with Gasteiger partial charge < -0.3 is 20.5 Å². The van der Waals surface area contributed by atoms with Crippen molar-refractivity contribution in [3.63, 3.8) is 0 Å². The standard InChI is InChI=1S/C12H15ClN2O3/c1-15-6-12(14,11(16)17)5-7-8(13)3-4-9(18-2)10(7)15/h3-4H,5-6,14H2,1-2H3,(H,16,17). The number of methoxy groups -OCH3 is 1. The number of ether oxygens (including phenoxy) is 1. The van der Waals surface area contributed by atoms with Crippen LogP contribution in [0.25, 0.3) is 0 Å². The molecule has 1 atom stereocenters. The number of fused-ring (bicyclic) bond motifs is 1. The van der Waals surface area contributed by atoms with Gasteiger partial charge in [-0.2, -0.15) is 0 Å². The average Bonchev–Trinajstić information content (AvgIpc) is 2.30. The topological polar surface area (TPSA) is 75.8 Å². The van der Waals surface area contributed by atoms with Crippen molar-refractivity contribution in [2.75, 3.05) is 25.6 Å². The van der Waals surface area contributed by atoms with Crippen LogP contribution in [0.2, 0.25) is 5.02 Å². The molecule has 2 rings (SSSR count). The smallest absolute Gasteiger partial charge is 0.325 e. The van der Waals surface area contributed by atoms with E-state index in [0.717, 1.165) is 11.3 Å². The van der Waals surface area contributed by atoms with Gasteiger partial charge in [-0.25, -0.2) is 0 Å². The molecular formula is C12H15ClN2O3. The number of aliphatic carboxylic acids is 1. The third kappa shape index (κ3) is 1.89. The minimum Gasteiger partial charge on any atom is -0.495 e. The number of nitrogens with two attached hydrogens (primary N) is 1. The summed E-state index contributed by atoms with van der Waals surface area (Å²) in [7, 11) is 3.35. The molecule has 0 saturated heterocycles. The third-order valence-electron chi connectivity index (χ3n) is 3.23. The molecular weight excluding hydrogens is 256 g/mol. The first kappa shape index (κ1) is 13.0. The zero-order chi connectivity index (χ0) is 13.5. The number of rotatable bonds is 2. The van der Waals surface area contributed by atoms with Crippen LogP contribution in [-0.4, -0.2) is 37.3 Å². The van der Waals surface area contributed by atoms with E-state index in [-0.39, 0.29) is 13.0 Å². The molecule has 5 nitrogen and oxygen atoms in total. The minimum atomic E-state index is -1.32. The number of anilines is 1. The predicted molar refractivity (Wildman–Crippen MR) is 69.5 cm³/mol. The molecule has 1 aromatic carbocycles. The molecule has 0 amide bonds. The monoisotopic (exact) mass is 270 g/mol. The molecule has 1 unspecified atom stereocenters. The summed E-state index contributed by atoms with van der Waals surface area (Å²) in [5.74, 6) is -0.358. The Morgan fingerprint density at radius 2 is 2.28 bits per heavy atom. The van der Waals surface area contributed by atoms with Crippen molar-refractivity contribution in [2.24, 2.45) is 5.73 Å². The number of likely N-dealkylation sites (N-methyl/N-ethyl adjacent to an activating group) is 1. The van der Waals surface area contributed by atoms with Gasteiger partial charge in [0.25, 0.3) is 0 Å². The van der Waals surface area contributed by atoms with Crippen LogP contribution in [-0.2, 0) is 11.2 Å². The van der Waals surface area contributed by atoms with Crippen molar-refractivity contribution in [3.8, 4) is 5.75 Å². The number of benzene rings is 1. The summed E-state index contributed by atoms with van der Waals surface area (Å²) in [6.07, 6.45) is 0.192. The number of nitrogens with zero attached hydrogens (tertiary/aromatic N) is 1. The van der Waals surface area contributed by atoms with Crippen LogP contribution < -0.4 is 15.4 Å². The van der Waals surface area contributed by atoms with Crippen molar-refractivity contribution in [3.05, 3.63) is 22.7 Å². The fraction of sp³-hybridized carbons (Fsp3) is 0.417. The number of carboxylic acids is 1. The fourth-order valence-corrected chi connectivity index (χ4v) is 2.58. The van der Waals surface area contributed by atoms with Crippen molar-refractivity contribution in [1.29, 1.82) is 0 Å². The van der Waals surface area contributed by atoms with Crippen LogP contribution in [0, 0.1) is 0 Å². The third-order valence-corrected chi connectivity index (χ3v) is 3.58. The molecule has 1 aliphatic heterocycles. The first-order chi connectivity index (χ1) is 8.39. The Kier molecular flexibility index (Phi) is 3.12. The van der Waals surface area contributed by atoms with Crippen LogP contribution >= 0.6 is 11.6 Å². The highest BCUT2D eigenvalue weighted by atomic mass is 35.5. The quantitative estimate of drug-likeness (QED) is 0.842. The molecule has 6 heteroatoms. The second kappa shape index (κ2) is 4.33. The van der Waals surface area contributed by atoms with Crippen LogP contribution in [0.4, 0.5) is 5.69 Å². The first-order valence-corrected chi connectivity index (χ1v) is 5.85. The van der Waals surface area contributed by atoms with E-state index >= 15 is 0 Å². The van der Waals surface area contributed by atoms with E-state index in [0.29, 0.717) is 10.8 Å². The van der Waals surface area contributed by atoms with E-state index in [1.54, 1.807) is 31.2 Å². The summed E-state index contributed by atoms with van der Waals surface area (Å²) in [6.45, 7) is 0.214. The number of carboxylic acid groups (broad SMARTS) is 1. The SMILES string of the molecule is COc1ccc(Cl)c2c1N(C)CC(N)(C(=O)O)C2. The molecule has 0 fully saturated rings. The molecule has 0 radical (unpaired) electrons. The van der Waals surface area contributed by atoms with Crippen LogP contribution in [0.15, 0.2) is 12.1 Å². The Hall–Kier alpha value is -1.46. The summed E-state index contributed by atoms with van der Waals surface area (Å²) >= 11 is 6.14. The zero-order valence-corrected chi connectivity index (χ0v) is 11.0. The molecule has 0 aromatic heterocycles. The van der Waals surface area contributed by atoms with Gasteiger partial charge >= 0.3 is 5.97 Å². The van der Waals surface area contributed by atoms with Crippen molar-refractivity contribution in [2.45, 2.75) is 12.0 Å². The number of hydrogen-bond donors (Lipinski definition) is 2. The van der Waals surface area contributed by atoms with Gasteiger partial charge in [-0.3, -0.25) is 4.79 Å². The van der Waals surface area contributed by atoms with Crippen LogP contribution in [0.3, 0.4) is 0 Å². The summed E-state index contributed by atoms with van der Waals surface area (Å²) in [6, 6.07) is 3.46. The van der Waals surface area contributed by atoms with Crippen LogP contribution in [0.5, 0.6) is 5.75 Å². The molecule has 0 aliphatic carbocycles. The van der Waals surface area contributed by atoms with Gasteiger partial charge in [0.2, 0.25) is 0 Å². The lowest BCUT2D eigenvalue weighted by molar-refractivity contribution is -0.143.